The van der Waals surface area contributed by atoms with Gasteiger partial charge in [0.05, 0.1) is 0 Å². The lowest BCUT2D eigenvalue weighted by Gasteiger charge is -2.12. The quantitative estimate of drug-likeness (QED) is 0.617. The van der Waals surface area contributed by atoms with Gasteiger partial charge in [-0.1, -0.05) is 11.0 Å². The molecule has 0 spiro atoms. The first kappa shape index (κ1) is 10.6. The molecule has 0 amide bonds. The molecule has 2 N–H and O–H groups in total. The normalized spacial score (nSPS) is 18.8. The van der Waals surface area contributed by atoms with E-state index in [0.717, 1.165) is 23.8 Å². The van der Waals surface area contributed by atoms with Crippen LogP contribution in [0.1, 0.15) is 32.1 Å². The standard InChI is InChI=1S/C12H17NOP/c13-10-6-8-12(9-7-10)15(14)11-4-2-1-3-5-11/h6-9,11H,1-5,13H2/q+1. The van der Waals surface area contributed by atoms with Gasteiger partial charge in [0.1, 0.15) is 0 Å². The number of nitrogens with two attached hydrogens (primary N) is 1. The first-order chi connectivity index (χ1) is 7.27. The highest BCUT2D eigenvalue weighted by atomic mass is 31.1. The van der Waals surface area contributed by atoms with Crippen molar-refractivity contribution < 1.29 is 4.57 Å². The Labute approximate surface area is 91.7 Å². The zero-order valence-electron chi connectivity index (χ0n) is 8.86. The summed E-state index contributed by atoms with van der Waals surface area (Å²) in [6, 6.07) is 7.49. The van der Waals surface area contributed by atoms with Crippen LogP contribution in [0.5, 0.6) is 0 Å². The molecule has 0 aromatic heterocycles. The van der Waals surface area contributed by atoms with E-state index in [-0.39, 0.29) is 0 Å². The van der Waals surface area contributed by atoms with E-state index in [1.54, 1.807) is 0 Å². The van der Waals surface area contributed by atoms with Crippen molar-refractivity contribution in [3.8, 4) is 0 Å². The number of hydrogen-bond acceptors (Lipinski definition) is 2. The monoisotopic (exact) mass is 222 g/mol. The molecule has 1 aliphatic rings. The van der Waals surface area contributed by atoms with Crippen molar-refractivity contribution in [1.29, 1.82) is 0 Å². The van der Waals surface area contributed by atoms with Gasteiger partial charge in [-0.15, -0.1) is 0 Å². The fraction of sp³-hybridized carbons (Fsp3) is 0.500. The van der Waals surface area contributed by atoms with Crippen LogP contribution in [0.15, 0.2) is 24.3 Å². The average Bonchev–Trinajstić information content (AvgIpc) is 2.30. The highest BCUT2D eigenvalue weighted by molar-refractivity contribution is 7.54. The molecule has 1 aromatic carbocycles. The van der Waals surface area contributed by atoms with Gasteiger partial charge in [0.15, 0.2) is 11.0 Å². The van der Waals surface area contributed by atoms with E-state index in [0.29, 0.717) is 5.66 Å². The Bertz CT molecular complexity index is 341. The lowest BCUT2D eigenvalue weighted by Crippen LogP contribution is -2.13. The minimum Gasteiger partial charge on any atom is -0.399 e. The molecule has 1 aromatic rings. The Morgan fingerprint density at radius 1 is 1.07 bits per heavy atom. The first-order valence-electron chi connectivity index (χ1n) is 5.59. The second-order valence-electron chi connectivity index (χ2n) is 4.21. The van der Waals surface area contributed by atoms with Gasteiger partial charge in [0.2, 0.25) is 0 Å². The van der Waals surface area contributed by atoms with Gasteiger partial charge in [-0.25, -0.2) is 0 Å². The van der Waals surface area contributed by atoms with Crippen LogP contribution in [0.2, 0.25) is 0 Å². The van der Waals surface area contributed by atoms with E-state index < -0.39 is 7.80 Å². The van der Waals surface area contributed by atoms with Crippen molar-refractivity contribution in [2.24, 2.45) is 0 Å². The van der Waals surface area contributed by atoms with E-state index in [1.165, 1.54) is 19.3 Å². The third kappa shape index (κ3) is 2.57. The van der Waals surface area contributed by atoms with E-state index >= 15 is 0 Å². The zero-order valence-corrected chi connectivity index (χ0v) is 9.75. The molecule has 1 unspecified atom stereocenters. The summed E-state index contributed by atoms with van der Waals surface area (Å²) >= 11 is 0. The molecule has 0 radical (unpaired) electrons. The number of anilines is 1. The van der Waals surface area contributed by atoms with E-state index in [1.807, 2.05) is 24.3 Å². The summed E-state index contributed by atoms with van der Waals surface area (Å²) in [7, 11) is -1.21. The van der Waals surface area contributed by atoms with Crippen molar-refractivity contribution in [3.63, 3.8) is 0 Å². The van der Waals surface area contributed by atoms with Gasteiger partial charge in [0.25, 0.3) is 0 Å². The van der Waals surface area contributed by atoms with Gasteiger partial charge in [-0.3, -0.25) is 0 Å². The van der Waals surface area contributed by atoms with Crippen molar-refractivity contribution in [1.82, 2.24) is 0 Å². The molecule has 1 atom stereocenters. The Morgan fingerprint density at radius 3 is 2.27 bits per heavy atom. The maximum Gasteiger partial charge on any atom is 0.379 e. The van der Waals surface area contributed by atoms with Gasteiger partial charge < -0.3 is 5.73 Å². The number of nitrogen functional groups attached to an aromatic ring is 1. The van der Waals surface area contributed by atoms with E-state index in [2.05, 4.69) is 0 Å². The molecule has 0 heterocycles. The second-order valence-corrected chi connectivity index (χ2v) is 6.11. The first-order valence-corrected chi connectivity index (χ1v) is 6.92. The average molecular weight is 222 g/mol. The SMILES string of the molecule is Nc1ccc([P+](=O)C2CCCCC2)cc1. The molecule has 0 aliphatic heterocycles. The number of hydrogen-bond donors (Lipinski definition) is 1. The minimum atomic E-state index is -1.21. The molecule has 15 heavy (non-hydrogen) atoms. The Morgan fingerprint density at radius 2 is 1.67 bits per heavy atom. The lowest BCUT2D eigenvalue weighted by molar-refractivity contribution is 0.494. The molecule has 0 bridgehead atoms. The minimum absolute atomic E-state index is 0.400. The summed E-state index contributed by atoms with van der Waals surface area (Å²) in [5.74, 6) is 0. The van der Waals surface area contributed by atoms with Gasteiger partial charge in [0, 0.05) is 5.69 Å². The third-order valence-corrected chi connectivity index (χ3v) is 5.04. The number of rotatable bonds is 2. The molecule has 3 heteroatoms. The largest absolute Gasteiger partial charge is 0.399 e. The lowest BCUT2D eigenvalue weighted by atomic mass is 10.0. The second kappa shape index (κ2) is 4.76. The Balaban J connectivity index is 2.09. The summed E-state index contributed by atoms with van der Waals surface area (Å²) in [4.78, 5) is 0. The van der Waals surface area contributed by atoms with Crippen molar-refractivity contribution in [3.05, 3.63) is 24.3 Å². The maximum absolute atomic E-state index is 12.2. The van der Waals surface area contributed by atoms with Crippen LogP contribution in [-0.2, 0) is 4.57 Å². The van der Waals surface area contributed by atoms with Gasteiger partial charge >= 0.3 is 7.80 Å². The molecule has 1 fully saturated rings. The highest BCUT2D eigenvalue weighted by Gasteiger charge is 2.33. The topological polar surface area (TPSA) is 43.1 Å². The van der Waals surface area contributed by atoms with Crippen LogP contribution in [0, 0.1) is 0 Å². The van der Waals surface area contributed by atoms with E-state index in [9.17, 15) is 4.57 Å². The molecule has 2 rings (SSSR count). The molecule has 80 valence electrons. The fourth-order valence-electron chi connectivity index (χ4n) is 2.15. The Hall–Kier alpha value is -0.880. The summed E-state index contributed by atoms with van der Waals surface area (Å²) < 4.78 is 12.2. The summed E-state index contributed by atoms with van der Waals surface area (Å²) in [5, 5.41) is 0.964. The van der Waals surface area contributed by atoms with Crippen LogP contribution >= 0.6 is 7.80 Å². The molecular formula is C12H17NOP+. The van der Waals surface area contributed by atoms with Crippen molar-refractivity contribution in [2.75, 3.05) is 5.73 Å². The summed E-state index contributed by atoms with van der Waals surface area (Å²) in [6.45, 7) is 0. The summed E-state index contributed by atoms with van der Waals surface area (Å²) in [6.07, 6.45) is 6.03. The third-order valence-electron chi connectivity index (χ3n) is 3.05. The zero-order chi connectivity index (χ0) is 10.7. The fourth-order valence-corrected chi connectivity index (χ4v) is 3.85. The van der Waals surface area contributed by atoms with Crippen LogP contribution in [0.4, 0.5) is 5.69 Å². The molecule has 1 saturated carbocycles. The van der Waals surface area contributed by atoms with Crippen LogP contribution in [-0.4, -0.2) is 5.66 Å². The molecular weight excluding hydrogens is 205 g/mol. The van der Waals surface area contributed by atoms with E-state index in [4.69, 9.17) is 5.73 Å². The van der Waals surface area contributed by atoms with Crippen molar-refractivity contribution in [2.45, 2.75) is 37.8 Å². The predicted octanol–water partition coefficient (Wildman–Crippen LogP) is 3.05. The summed E-state index contributed by atoms with van der Waals surface area (Å²) in [5.41, 5.74) is 6.75. The smallest absolute Gasteiger partial charge is 0.379 e. The maximum atomic E-state index is 12.2. The predicted molar refractivity (Wildman–Crippen MR) is 65.0 cm³/mol. The number of benzene rings is 1. The van der Waals surface area contributed by atoms with Gasteiger partial charge in [-0.2, -0.15) is 0 Å². The van der Waals surface area contributed by atoms with Crippen LogP contribution in [0.3, 0.4) is 0 Å². The molecule has 1 aliphatic carbocycles. The van der Waals surface area contributed by atoms with Gasteiger partial charge in [-0.05, 0) is 49.9 Å². The molecule has 2 nitrogen and oxygen atoms in total. The van der Waals surface area contributed by atoms with Crippen LogP contribution < -0.4 is 11.0 Å². The highest BCUT2D eigenvalue weighted by Crippen LogP contribution is 2.37. The van der Waals surface area contributed by atoms with Crippen LogP contribution in [0.25, 0.3) is 0 Å². The van der Waals surface area contributed by atoms with Crippen molar-refractivity contribution >= 4 is 18.8 Å². The molecule has 0 saturated heterocycles. The Kier molecular flexibility index (Phi) is 3.37.